The van der Waals surface area contributed by atoms with Crippen LogP contribution < -0.4 is 5.73 Å². The molecule has 2 rings (SSSR count). The van der Waals surface area contributed by atoms with Crippen molar-refractivity contribution >= 4 is 15.9 Å². The third-order valence-corrected chi connectivity index (χ3v) is 4.54. The fraction of sp³-hybridized carbons (Fsp3) is 0.625. The van der Waals surface area contributed by atoms with Crippen molar-refractivity contribution in [2.45, 2.75) is 45.2 Å². The predicted molar refractivity (Wildman–Crippen MR) is 85.1 cm³/mol. The molecule has 1 aromatic carbocycles. The van der Waals surface area contributed by atoms with Crippen LogP contribution in [0, 0.1) is 5.92 Å². The maximum Gasteiger partial charge on any atom is 0.0507 e. The van der Waals surface area contributed by atoms with Gasteiger partial charge in [0.05, 0.1) is 6.04 Å². The fourth-order valence-corrected chi connectivity index (χ4v) is 3.31. The lowest BCUT2D eigenvalue weighted by Gasteiger charge is -2.35. The minimum atomic E-state index is 0.143. The molecule has 1 aliphatic carbocycles. The van der Waals surface area contributed by atoms with Gasteiger partial charge in [-0.05, 0) is 50.3 Å². The number of hydrogen-bond donors (Lipinski definition) is 1. The number of hydrogen-bond acceptors (Lipinski definition) is 2. The third kappa shape index (κ3) is 4.04. The van der Waals surface area contributed by atoms with Gasteiger partial charge in [0.15, 0.2) is 0 Å². The normalized spacial score (nSPS) is 18.6. The van der Waals surface area contributed by atoms with Crippen molar-refractivity contribution in [3.05, 3.63) is 34.3 Å². The van der Waals surface area contributed by atoms with Crippen molar-refractivity contribution in [2.75, 3.05) is 13.1 Å². The molecule has 1 aliphatic rings. The van der Waals surface area contributed by atoms with Gasteiger partial charge in [-0.25, -0.2) is 0 Å². The van der Waals surface area contributed by atoms with Crippen LogP contribution >= 0.6 is 15.9 Å². The summed E-state index contributed by atoms with van der Waals surface area (Å²) in [5.41, 5.74) is 7.63. The average molecular weight is 325 g/mol. The maximum atomic E-state index is 6.30. The zero-order valence-electron chi connectivity index (χ0n) is 12.0. The van der Waals surface area contributed by atoms with Gasteiger partial charge < -0.3 is 5.73 Å². The highest BCUT2D eigenvalue weighted by atomic mass is 79.9. The van der Waals surface area contributed by atoms with E-state index in [9.17, 15) is 0 Å². The van der Waals surface area contributed by atoms with Crippen molar-refractivity contribution in [3.63, 3.8) is 0 Å². The van der Waals surface area contributed by atoms with Crippen LogP contribution in [0.4, 0.5) is 0 Å². The second-order valence-electron chi connectivity index (χ2n) is 5.76. The largest absolute Gasteiger partial charge is 0.326 e. The molecule has 1 aromatic rings. The standard InChI is InChI=1S/C16H25BrN2/c1-3-10-19(11-13-8-9-13)16(12(2)18)14-6-4-5-7-15(14)17/h4-7,12-13,16H,3,8-11,18H2,1-2H3. The zero-order chi connectivity index (χ0) is 13.8. The fourth-order valence-electron chi connectivity index (χ4n) is 2.79. The molecule has 0 spiro atoms. The van der Waals surface area contributed by atoms with E-state index < -0.39 is 0 Å². The summed E-state index contributed by atoms with van der Waals surface area (Å²) in [7, 11) is 0. The molecular formula is C16H25BrN2. The molecule has 0 saturated heterocycles. The van der Waals surface area contributed by atoms with Gasteiger partial charge in [-0.2, -0.15) is 0 Å². The van der Waals surface area contributed by atoms with Gasteiger partial charge in [-0.3, -0.25) is 4.90 Å². The zero-order valence-corrected chi connectivity index (χ0v) is 13.6. The Hall–Kier alpha value is -0.380. The summed E-state index contributed by atoms with van der Waals surface area (Å²) in [6, 6.07) is 8.95. The van der Waals surface area contributed by atoms with Gasteiger partial charge in [-0.15, -0.1) is 0 Å². The first-order valence-corrected chi connectivity index (χ1v) is 8.16. The van der Waals surface area contributed by atoms with E-state index >= 15 is 0 Å². The summed E-state index contributed by atoms with van der Waals surface area (Å²) in [6.07, 6.45) is 3.96. The summed E-state index contributed by atoms with van der Waals surface area (Å²) in [4.78, 5) is 2.59. The molecule has 0 radical (unpaired) electrons. The van der Waals surface area contributed by atoms with E-state index in [1.807, 2.05) is 0 Å². The van der Waals surface area contributed by atoms with Crippen molar-refractivity contribution in [1.82, 2.24) is 4.90 Å². The van der Waals surface area contributed by atoms with Gasteiger partial charge in [0.25, 0.3) is 0 Å². The lowest BCUT2D eigenvalue weighted by Crippen LogP contribution is -2.41. The van der Waals surface area contributed by atoms with Crippen LogP contribution in [0.2, 0.25) is 0 Å². The van der Waals surface area contributed by atoms with Crippen LogP contribution in [0.3, 0.4) is 0 Å². The van der Waals surface area contributed by atoms with Crippen molar-refractivity contribution in [3.8, 4) is 0 Å². The first-order chi connectivity index (χ1) is 9.13. The highest BCUT2D eigenvalue weighted by Gasteiger charge is 2.30. The van der Waals surface area contributed by atoms with Crippen LogP contribution in [0.25, 0.3) is 0 Å². The number of benzene rings is 1. The Bertz CT molecular complexity index is 401. The molecule has 2 atom stereocenters. The average Bonchev–Trinajstić information content (AvgIpc) is 3.16. The van der Waals surface area contributed by atoms with Crippen LogP contribution in [0.5, 0.6) is 0 Å². The van der Waals surface area contributed by atoms with Crippen molar-refractivity contribution in [2.24, 2.45) is 11.7 Å². The Morgan fingerprint density at radius 2 is 2.05 bits per heavy atom. The van der Waals surface area contributed by atoms with E-state index in [4.69, 9.17) is 5.73 Å². The molecule has 0 amide bonds. The summed E-state index contributed by atoms with van der Waals surface area (Å²) in [5.74, 6) is 0.898. The third-order valence-electron chi connectivity index (χ3n) is 3.82. The first kappa shape index (κ1) is 15.0. The molecule has 106 valence electrons. The minimum absolute atomic E-state index is 0.143. The molecule has 2 unspecified atom stereocenters. The molecule has 19 heavy (non-hydrogen) atoms. The summed E-state index contributed by atoms with van der Waals surface area (Å²) in [5, 5.41) is 0. The predicted octanol–water partition coefficient (Wildman–Crippen LogP) is 3.96. The molecule has 0 heterocycles. The second-order valence-corrected chi connectivity index (χ2v) is 6.62. The number of nitrogens with two attached hydrogens (primary N) is 1. The van der Waals surface area contributed by atoms with E-state index in [-0.39, 0.29) is 6.04 Å². The van der Waals surface area contributed by atoms with Gasteiger partial charge in [0.2, 0.25) is 0 Å². The van der Waals surface area contributed by atoms with Gasteiger partial charge in [-0.1, -0.05) is 41.1 Å². The van der Waals surface area contributed by atoms with E-state index in [1.54, 1.807) is 0 Å². The van der Waals surface area contributed by atoms with Gasteiger partial charge >= 0.3 is 0 Å². The molecule has 0 aromatic heterocycles. The highest BCUT2D eigenvalue weighted by molar-refractivity contribution is 9.10. The minimum Gasteiger partial charge on any atom is -0.326 e. The molecule has 1 fully saturated rings. The first-order valence-electron chi connectivity index (χ1n) is 7.37. The van der Waals surface area contributed by atoms with Crippen molar-refractivity contribution < 1.29 is 0 Å². The Balaban J connectivity index is 2.23. The van der Waals surface area contributed by atoms with E-state index in [2.05, 4.69) is 58.9 Å². The molecule has 0 bridgehead atoms. The molecular weight excluding hydrogens is 300 g/mol. The molecule has 2 nitrogen and oxygen atoms in total. The van der Waals surface area contributed by atoms with Gasteiger partial charge in [0.1, 0.15) is 0 Å². The SMILES string of the molecule is CCCN(CC1CC1)C(c1ccccc1Br)C(C)N. The Morgan fingerprint density at radius 1 is 1.37 bits per heavy atom. The molecule has 2 N–H and O–H groups in total. The van der Waals surface area contributed by atoms with E-state index in [1.165, 1.54) is 35.8 Å². The highest BCUT2D eigenvalue weighted by Crippen LogP contribution is 2.35. The topological polar surface area (TPSA) is 29.3 Å². The van der Waals surface area contributed by atoms with Crippen LogP contribution in [-0.4, -0.2) is 24.0 Å². The number of halogens is 1. The van der Waals surface area contributed by atoms with E-state index in [0.717, 1.165) is 12.5 Å². The quantitative estimate of drug-likeness (QED) is 0.822. The molecule has 1 saturated carbocycles. The second kappa shape index (κ2) is 6.87. The summed E-state index contributed by atoms with van der Waals surface area (Å²) in [6.45, 7) is 6.70. The summed E-state index contributed by atoms with van der Waals surface area (Å²) >= 11 is 3.68. The van der Waals surface area contributed by atoms with Crippen LogP contribution in [-0.2, 0) is 0 Å². The molecule has 0 aliphatic heterocycles. The lowest BCUT2D eigenvalue weighted by molar-refractivity contribution is 0.168. The number of rotatable bonds is 7. The number of nitrogens with zero attached hydrogens (tertiary/aromatic N) is 1. The van der Waals surface area contributed by atoms with Gasteiger partial charge in [0, 0.05) is 17.1 Å². The maximum absolute atomic E-state index is 6.30. The van der Waals surface area contributed by atoms with Crippen LogP contribution in [0.1, 0.15) is 44.7 Å². The Kier molecular flexibility index (Phi) is 5.43. The van der Waals surface area contributed by atoms with Crippen molar-refractivity contribution in [1.29, 1.82) is 0 Å². The Morgan fingerprint density at radius 3 is 2.58 bits per heavy atom. The lowest BCUT2D eigenvalue weighted by atomic mass is 9.98. The summed E-state index contributed by atoms with van der Waals surface area (Å²) < 4.78 is 1.18. The monoisotopic (exact) mass is 324 g/mol. The van der Waals surface area contributed by atoms with E-state index in [0.29, 0.717) is 6.04 Å². The smallest absolute Gasteiger partial charge is 0.0507 e. The molecule has 3 heteroatoms. The Labute approximate surface area is 125 Å². The van der Waals surface area contributed by atoms with Crippen LogP contribution in [0.15, 0.2) is 28.7 Å².